The Morgan fingerprint density at radius 3 is 2.56 bits per heavy atom. The molecule has 7 heteroatoms. The quantitative estimate of drug-likeness (QED) is 0.815. The van der Waals surface area contributed by atoms with Gasteiger partial charge in [0.2, 0.25) is 0 Å². The van der Waals surface area contributed by atoms with Crippen molar-refractivity contribution in [3.05, 3.63) is 50.9 Å². The van der Waals surface area contributed by atoms with Crippen LogP contribution >= 0.6 is 23.2 Å². The molecule has 0 atom stereocenters. The number of carbonyl (C=O) groups is 1. The highest BCUT2D eigenvalue weighted by Gasteiger charge is 2.27. The number of amides is 1. The Labute approximate surface area is 157 Å². The molecule has 1 amide bonds. The molecule has 0 fully saturated rings. The molecule has 1 aliphatic rings. The van der Waals surface area contributed by atoms with Gasteiger partial charge in [0.1, 0.15) is 11.6 Å². The van der Waals surface area contributed by atoms with Gasteiger partial charge in [-0.1, -0.05) is 23.2 Å². The average Bonchev–Trinajstić information content (AvgIpc) is 2.58. The van der Waals surface area contributed by atoms with Crippen LogP contribution in [0, 0.1) is 6.92 Å². The molecular formula is C18H20Cl2N4O. The van der Waals surface area contributed by atoms with Gasteiger partial charge in [0, 0.05) is 47.7 Å². The minimum absolute atomic E-state index is 0.0827. The van der Waals surface area contributed by atoms with Crippen LogP contribution in [0.2, 0.25) is 10.0 Å². The molecule has 2 heterocycles. The van der Waals surface area contributed by atoms with E-state index in [1.165, 1.54) is 0 Å². The first-order valence-corrected chi connectivity index (χ1v) is 8.97. The molecule has 0 aliphatic carbocycles. The SMILES string of the molecule is CCN(C)c1nc(C)nc2c1CN(C(=O)c1cc(Cl)cc(Cl)c1)CC2. The molecule has 0 N–H and O–H groups in total. The molecule has 2 aromatic rings. The van der Waals surface area contributed by atoms with Crippen molar-refractivity contribution in [1.82, 2.24) is 14.9 Å². The minimum atomic E-state index is -0.0827. The summed E-state index contributed by atoms with van der Waals surface area (Å²) in [6, 6.07) is 4.92. The van der Waals surface area contributed by atoms with Crippen LogP contribution in [0.15, 0.2) is 18.2 Å². The summed E-state index contributed by atoms with van der Waals surface area (Å²) in [5.41, 5.74) is 2.54. The van der Waals surface area contributed by atoms with E-state index in [1.807, 2.05) is 14.0 Å². The molecule has 1 aromatic heterocycles. The van der Waals surface area contributed by atoms with E-state index >= 15 is 0 Å². The molecule has 0 saturated carbocycles. The summed E-state index contributed by atoms with van der Waals surface area (Å²) >= 11 is 12.1. The van der Waals surface area contributed by atoms with Crippen LogP contribution in [-0.4, -0.2) is 40.9 Å². The molecule has 5 nitrogen and oxygen atoms in total. The molecule has 0 radical (unpaired) electrons. The maximum Gasteiger partial charge on any atom is 0.254 e. The third-order valence-corrected chi connectivity index (χ3v) is 4.82. The Bertz CT molecular complexity index is 805. The maximum absolute atomic E-state index is 12.9. The first-order valence-electron chi connectivity index (χ1n) is 8.22. The van der Waals surface area contributed by atoms with Crippen molar-refractivity contribution in [3.8, 4) is 0 Å². The second-order valence-corrected chi connectivity index (χ2v) is 7.04. The minimum Gasteiger partial charge on any atom is -0.360 e. The van der Waals surface area contributed by atoms with Crippen LogP contribution in [0.25, 0.3) is 0 Å². The molecule has 0 unspecified atom stereocenters. The van der Waals surface area contributed by atoms with Gasteiger partial charge in [-0.15, -0.1) is 0 Å². The molecule has 0 spiro atoms. The van der Waals surface area contributed by atoms with Gasteiger partial charge in [-0.25, -0.2) is 9.97 Å². The summed E-state index contributed by atoms with van der Waals surface area (Å²) in [5.74, 6) is 1.57. The largest absolute Gasteiger partial charge is 0.360 e. The molecular weight excluding hydrogens is 359 g/mol. The van der Waals surface area contributed by atoms with Crippen molar-refractivity contribution in [2.45, 2.75) is 26.8 Å². The predicted octanol–water partition coefficient (Wildman–Crippen LogP) is 3.75. The highest BCUT2D eigenvalue weighted by atomic mass is 35.5. The number of aromatic nitrogens is 2. The van der Waals surface area contributed by atoms with Gasteiger partial charge in [0.05, 0.1) is 12.2 Å². The van der Waals surface area contributed by atoms with E-state index in [0.29, 0.717) is 35.1 Å². The fourth-order valence-electron chi connectivity index (χ4n) is 3.02. The van der Waals surface area contributed by atoms with Crippen molar-refractivity contribution in [2.75, 3.05) is 25.0 Å². The van der Waals surface area contributed by atoms with Crippen LogP contribution in [0.4, 0.5) is 5.82 Å². The Morgan fingerprint density at radius 2 is 1.92 bits per heavy atom. The van der Waals surface area contributed by atoms with Gasteiger partial charge in [-0.3, -0.25) is 4.79 Å². The molecule has 0 bridgehead atoms. The molecule has 1 aliphatic heterocycles. The number of nitrogens with zero attached hydrogens (tertiary/aromatic N) is 4. The van der Waals surface area contributed by atoms with E-state index in [1.54, 1.807) is 23.1 Å². The number of rotatable bonds is 3. The number of fused-ring (bicyclic) bond motifs is 1. The molecule has 0 saturated heterocycles. The van der Waals surface area contributed by atoms with Gasteiger partial charge < -0.3 is 9.80 Å². The van der Waals surface area contributed by atoms with Crippen molar-refractivity contribution in [3.63, 3.8) is 0 Å². The van der Waals surface area contributed by atoms with E-state index < -0.39 is 0 Å². The van der Waals surface area contributed by atoms with Gasteiger partial charge in [-0.2, -0.15) is 0 Å². The van der Waals surface area contributed by atoms with Crippen LogP contribution < -0.4 is 4.90 Å². The van der Waals surface area contributed by atoms with Crippen LogP contribution in [0.3, 0.4) is 0 Å². The van der Waals surface area contributed by atoms with Gasteiger partial charge in [-0.05, 0) is 32.0 Å². The topological polar surface area (TPSA) is 49.3 Å². The van der Waals surface area contributed by atoms with E-state index in [9.17, 15) is 4.79 Å². The highest BCUT2D eigenvalue weighted by molar-refractivity contribution is 6.35. The molecule has 3 rings (SSSR count). The van der Waals surface area contributed by atoms with E-state index in [-0.39, 0.29) is 5.91 Å². The third-order valence-electron chi connectivity index (χ3n) is 4.38. The van der Waals surface area contributed by atoms with Crippen LogP contribution in [0.1, 0.15) is 34.4 Å². The lowest BCUT2D eigenvalue weighted by Gasteiger charge is -2.31. The van der Waals surface area contributed by atoms with Gasteiger partial charge in [0.15, 0.2) is 0 Å². The van der Waals surface area contributed by atoms with Crippen molar-refractivity contribution in [1.29, 1.82) is 0 Å². The summed E-state index contributed by atoms with van der Waals surface area (Å²) in [6.45, 7) is 5.91. The van der Waals surface area contributed by atoms with Crippen molar-refractivity contribution in [2.24, 2.45) is 0 Å². The number of halogens is 2. The summed E-state index contributed by atoms with van der Waals surface area (Å²) in [5, 5.41) is 0.914. The lowest BCUT2D eigenvalue weighted by atomic mass is 10.0. The predicted molar refractivity (Wildman–Crippen MR) is 101 cm³/mol. The van der Waals surface area contributed by atoms with Crippen LogP contribution in [0.5, 0.6) is 0 Å². The summed E-state index contributed by atoms with van der Waals surface area (Å²) < 4.78 is 0. The average molecular weight is 379 g/mol. The number of hydrogen-bond donors (Lipinski definition) is 0. The molecule has 25 heavy (non-hydrogen) atoms. The fourth-order valence-corrected chi connectivity index (χ4v) is 3.54. The third kappa shape index (κ3) is 3.72. The van der Waals surface area contributed by atoms with E-state index in [4.69, 9.17) is 23.2 Å². The monoisotopic (exact) mass is 378 g/mol. The first kappa shape index (κ1) is 18.0. The van der Waals surface area contributed by atoms with Gasteiger partial charge in [0.25, 0.3) is 5.91 Å². The Morgan fingerprint density at radius 1 is 1.24 bits per heavy atom. The Kier molecular flexibility index (Phi) is 5.16. The number of carbonyl (C=O) groups excluding carboxylic acids is 1. The summed E-state index contributed by atoms with van der Waals surface area (Å²) in [7, 11) is 2.00. The van der Waals surface area contributed by atoms with Crippen molar-refractivity contribution < 1.29 is 4.79 Å². The second kappa shape index (κ2) is 7.18. The van der Waals surface area contributed by atoms with E-state index in [0.717, 1.165) is 29.4 Å². The molecule has 1 aromatic carbocycles. The fraction of sp³-hybridized carbons (Fsp3) is 0.389. The van der Waals surface area contributed by atoms with Crippen LogP contribution in [-0.2, 0) is 13.0 Å². The smallest absolute Gasteiger partial charge is 0.254 e. The zero-order valence-corrected chi connectivity index (χ0v) is 16.0. The lowest BCUT2D eigenvalue weighted by Crippen LogP contribution is -2.38. The number of benzene rings is 1. The normalized spacial score (nSPS) is 13.6. The Hall–Kier alpha value is -1.85. The van der Waals surface area contributed by atoms with Crippen molar-refractivity contribution >= 4 is 34.9 Å². The number of aryl methyl sites for hydroxylation is 1. The maximum atomic E-state index is 12.9. The summed E-state index contributed by atoms with van der Waals surface area (Å²) in [6.07, 6.45) is 0.712. The highest BCUT2D eigenvalue weighted by Crippen LogP contribution is 2.28. The van der Waals surface area contributed by atoms with Gasteiger partial charge >= 0.3 is 0 Å². The zero-order valence-electron chi connectivity index (χ0n) is 14.5. The summed E-state index contributed by atoms with van der Waals surface area (Å²) in [4.78, 5) is 25.9. The van der Waals surface area contributed by atoms with E-state index in [2.05, 4.69) is 21.8 Å². The number of anilines is 1. The second-order valence-electron chi connectivity index (χ2n) is 6.17. The lowest BCUT2D eigenvalue weighted by molar-refractivity contribution is 0.0733. The molecule has 132 valence electrons. The zero-order chi connectivity index (χ0) is 18.1. The first-order chi connectivity index (χ1) is 11.9. The Balaban J connectivity index is 1.93. The number of hydrogen-bond acceptors (Lipinski definition) is 4. The standard InChI is InChI=1S/C18H20Cl2N4O/c1-4-23(3)17-15-10-24(6-5-16(15)21-11(2)22-17)18(25)12-7-13(19)9-14(20)8-12/h7-9H,4-6,10H2,1-3H3.